The smallest absolute Gasteiger partial charge is 0.410 e. The van der Waals surface area contributed by atoms with Crippen molar-refractivity contribution in [3.05, 3.63) is 21.9 Å². The molecule has 0 bridgehead atoms. The van der Waals surface area contributed by atoms with Gasteiger partial charge in [0.2, 0.25) is 0 Å². The molecule has 4 rings (SSSR count). The highest BCUT2D eigenvalue weighted by molar-refractivity contribution is 7.10. The van der Waals surface area contributed by atoms with Crippen LogP contribution in [0.2, 0.25) is 0 Å². The summed E-state index contributed by atoms with van der Waals surface area (Å²) >= 11 is 1.89. The van der Waals surface area contributed by atoms with Crippen molar-refractivity contribution < 1.29 is 9.53 Å². The van der Waals surface area contributed by atoms with Crippen LogP contribution in [-0.4, -0.2) is 83.7 Å². The lowest BCUT2D eigenvalue weighted by molar-refractivity contribution is 0.0137. The Balaban J connectivity index is 1.25. The monoisotopic (exact) mass is 419 g/mol. The van der Waals surface area contributed by atoms with Crippen molar-refractivity contribution in [1.82, 2.24) is 20.0 Å². The molecule has 0 saturated carbocycles. The molecule has 29 heavy (non-hydrogen) atoms. The number of piperazine rings is 1. The fourth-order valence-electron chi connectivity index (χ4n) is 4.24. The first-order chi connectivity index (χ1) is 13.8. The standard InChI is InChI=1S/C21H33N5O2S/c1-15(24-7-5-18-16(13-24)6-10-29-18)11-22-19-23-12-17-14-25(8-9-26(17)19)20(27)28-21(2,3)4/h6,10,15,17H,5,7-9,11-14H2,1-4H3,(H,22,23). The van der Waals surface area contributed by atoms with Crippen LogP contribution in [0.25, 0.3) is 0 Å². The Labute approximate surface area is 177 Å². The number of nitrogens with zero attached hydrogens (tertiary/aromatic N) is 4. The van der Waals surface area contributed by atoms with Crippen LogP contribution in [0.15, 0.2) is 16.4 Å². The number of hydrogen-bond donors (Lipinski definition) is 1. The van der Waals surface area contributed by atoms with E-state index >= 15 is 0 Å². The Morgan fingerprint density at radius 2 is 2.21 bits per heavy atom. The van der Waals surface area contributed by atoms with E-state index in [1.807, 2.05) is 37.0 Å². The van der Waals surface area contributed by atoms with Gasteiger partial charge in [-0.2, -0.15) is 0 Å². The van der Waals surface area contributed by atoms with Crippen molar-refractivity contribution in [2.45, 2.75) is 58.3 Å². The lowest BCUT2D eigenvalue weighted by Crippen LogP contribution is -2.58. The average molecular weight is 420 g/mol. The molecule has 3 aliphatic rings. The molecule has 7 nitrogen and oxygen atoms in total. The molecule has 0 spiro atoms. The number of ether oxygens (including phenoxy) is 1. The van der Waals surface area contributed by atoms with Crippen LogP contribution in [-0.2, 0) is 17.7 Å². The SMILES string of the molecule is CC(CNC1=NCC2CN(C(=O)OC(C)(C)C)CCN12)N1CCc2sccc2C1. The highest BCUT2D eigenvalue weighted by Crippen LogP contribution is 2.25. The summed E-state index contributed by atoms with van der Waals surface area (Å²) in [5, 5.41) is 5.79. The number of nitrogens with one attached hydrogen (secondary N) is 1. The average Bonchev–Trinajstić information content (AvgIpc) is 3.30. The first-order valence-corrected chi connectivity index (χ1v) is 11.5. The summed E-state index contributed by atoms with van der Waals surface area (Å²) in [5.41, 5.74) is 1.03. The molecule has 3 aliphatic heterocycles. The molecule has 4 heterocycles. The molecule has 1 amide bonds. The van der Waals surface area contributed by atoms with E-state index in [0.717, 1.165) is 45.1 Å². The van der Waals surface area contributed by atoms with Crippen molar-refractivity contribution in [3.8, 4) is 0 Å². The van der Waals surface area contributed by atoms with Gasteiger partial charge in [0, 0.05) is 50.2 Å². The summed E-state index contributed by atoms with van der Waals surface area (Å²) in [6, 6.07) is 2.97. The van der Waals surface area contributed by atoms with Crippen LogP contribution in [0, 0.1) is 0 Å². The molecule has 0 aliphatic carbocycles. The number of rotatable bonds is 3. The van der Waals surface area contributed by atoms with Crippen molar-refractivity contribution in [2.24, 2.45) is 4.99 Å². The van der Waals surface area contributed by atoms with Crippen LogP contribution < -0.4 is 5.32 Å². The minimum absolute atomic E-state index is 0.218. The molecule has 1 fully saturated rings. The van der Waals surface area contributed by atoms with Gasteiger partial charge in [0.1, 0.15) is 5.60 Å². The second kappa shape index (κ2) is 8.14. The molecule has 160 valence electrons. The summed E-state index contributed by atoms with van der Waals surface area (Å²) in [6.45, 7) is 13.9. The van der Waals surface area contributed by atoms with E-state index in [1.165, 1.54) is 5.56 Å². The lowest BCUT2D eigenvalue weighted by Gasteiger charge is -2.39. The Morgan fingerprint density at radius 3 is 3.00 bits per heavy atom. The van der Waals surface area contributed by atoms with Gasteiger partial charge >= 0.3 is 6.09 Å². The minimum atomic E-state index is -0.457. The topological polar surface area (TPSA) is 60.4 Å². The molecule has 1 saturated heterocycles. The molecule has 2 atom stereocenters. The fourth-order valence-corrected chi connectivity index (χ4v) is 5.13. The largest absolute Gasteiger partial charge is 0.444 e. The normalized spacial score (nSPS) is 23.3. The Morgan fingerprint density at radius 1 is 1.38 bits per heavy atom. The van der Waals surface area contributed by atoms with Crippen LogP contribution >= 0.6 is 11.3 Å². The molecule has 1 aromatic heterocycles. The van der Waals surface area contributed by atoms with Gasteiger partial charge in [0.25, 0.3) is 0 Å². The fraction of sp³-hybridized carbons (Fsp3) is 0.714. The third kappa shape index (κ3) is 4.69. The number of amides is 1. The second-order valence-corrected chi connectivity index (χ2v) is 10.3. The van der Waals surface area contributed by atoms with Crippen molar-refractivity contribution in [3.63, 3.8) is 0 Å². The Hall–Kier alpha value is -1.80. The quantitative estimate of drug-likeness (QED) is 0.815. The van der Waals surface area contributed by atoms with Gasteiger partial charge in [-0.1, -0.05) is 0 Å². The number of thiophene rings is 1. The molecule has 2 unspecified atom stereocenters. The number of aliphatic imine (C=N–C) groups is 1. The summed E-state index contributed by atoms with van der Waals surface area (Å²) in [4.78, 5) is 25.3. The van der Waals surface area contributed by atoms with Gasteiger partial charge < -0.3 is 19.9 Å². The van der Waals surface area contributed by atoms with E-state index in [9.17, 15) is 4.79 Å². The zero-order valence-electron chi connectivity index (χ0n) is 18.0. The van der Waals surface area contributed by atoms with Crippen LogP contribution in [0.3, 0.4) is 0 Å². The number of carbonyl (C=O) groups excluding carboxylic acids is 1. The zero-order chi connectivity index (χ0) is 20.6. The highest BCUT2D eigenvalue weighted by Gasteiger charge is 2.36. The lowest BCUT2D eigenvalue weighted by atomic mass is 10.1. The van der Waals surface area contributed by atoms with Gasteiger partial charge in [0.05, 0.1) is 12.6 Å². The van der Waals surface area contributed by atoms with Gasteiger partial charge in [-0.25, -0.2) is 4.79 Å². The van der Waals surface area contributed by atoms with Crippen LogP contribution in [0.5, 0.6) is 0 Å². The maximum atomic E-state index is 12.4. The maximum absolute atomic E-state index is 12.4. The van der Waals surface area contributed by atoms with E-state index in [0.29, 0.717) is 19.1 Å². The Kier molecular flexibility index (Phi) is 5.75. The first-order valence-electron chi connectivity index (χ1n) is 10.6. The molecular weight excluding hydrogens is 386 g/mol. The van der Waals surface area contributed by atoms with Gasteiger partial charge in [-0.3, -0.25) is 9.89 Å². The first kappa shape index (κ1) is 20.5. The predicted octanol–water partition coefficient (Wildman–Crippen LogP) is 2.38. The second-order valence-electron chi connectivity index (χ2n) is 9.26. The summed E-state index contributed by atoms with van der Waals surface area (Å²) in [7, 11) is 0. The number of hydrogen-bond acceptors (Lipinski definition) is 7. The molecule has 1 N–H and O–H groups in total. The van der Waals surface area contributed by atoms with E-state index in [4.69, 9.17) is 9.73 Å². The van der Waals surface area contributed by atoms with E-state index < -0.39 is 5.60 Å². The van der Waals surface area contributed by atoms with Gasteiger partial charge in [-0.15, -0.1) is 11.3 Å². The minimum Gasteiger partial charge on any atom is -0.444 e. The van der Waals surface area contributed by atoms with Crippen LogP contribution in [0.4, 0.5) is 4.79 Å². The molecule has 1 aromatic rings. The van der Waals surface area contributed by atoms with Crippen LogP contribution in [0.1, 0.15) is 38.1 Å². The van der Waals surface area contributed by atoms with Gasteiger partial charge in [0.15, 0.2) is 5.96 Å². The van der Waals surface area contributed by atoms with Crippen molar-refractivity contribution in [1.29, 1.82) is 0 Å². The highest BCUT2D eigenvalue weighted by atomic mass is 32.1. The Bertz CT molecular complexity index is 771. The van der Waals surface area contributed by atoms with Gasteiger partial charge in [-0.05, 0) is 51.1 Å². The summed E-state index contributed by atoms with van der Waals surface area (Å²) in [5.74, 6) is 0.985. The van der Waals surface area contributed by atoms with E-state index in [1.54, 1.807) is 4.88 Å². The molecule has 8 heteroatoms. The third-order valence-corrected chi connectivity index (χ3v) is 6.90. The zero-order valence-corrected chi connectivity index (χ0v) is 18.8. The van der Waals surface area contributed by atoms with Crippen molar-refractivity contribution in [2.75, 3.05) is 39.3 Å². The van der Waals surface area contributed by atoms with E-state index in [2.05, 4.69) is 33.5 Å². The number of guanidine groups is 1. The third-order valence-electron chi connectivity index (χ3n) is 5.87. The summed E-state index contributed by atoms with van der Waals surface area (Å²) in [6.07, 6.45) is 0.942. The number of fused-ring (bicyclic) bond motifs is 2. The van der Waals surface area contributed by atoms with E-state index in [-0.39, 0.29) is 12.1 Å². The maximum Gasteiger partial charge on any atom is 0.410 e. The number of carbonyl (C=O) groups is 1. The summed E-state index contributed by atoms with van der Waals surface area (Å²) < 4.78 is 5.53. The molecule has 0 aromatic carbocycles. The predicted molar refractivity (Wildman–Crippen MR) is 117 cm³/mol. The molecule has 0 radical (unpaired) electrons. The van der Waals surface area contributed by atoms with Crippen molar-refractivity contribution >= 4 is 23.4 Å². The molecular formula is C21H33N5O2S.